The van der Waals surface area contributed by atoms with Crippen LogP contribution in [0.2, 0.25) is 0 Å². The van der Waals surface area contributed by atoms with Crippen LogP contribution in [0.15, 0.2) is 54.6 Å². The maximum Gasteiger partial charge on any atom is 0.309 e. The first-order valence-corrected chi connectivity index (χ1v) is 12.9. The van der Waals surface area contributed by atoms with E-state index in [1.165, 1.54) is 0 Å². The molecular formula is C29H32N4O4. The van der Waals surface area contributed by atoms with Crippen LogP contribution in [-0.2, 0) is 22.5 Å². The minimum Gasteiger partial charge on any atom is -0.497 e. The summed E-state index contributed by atoms with van der Waals surface area (Å²) in [5.74, 6) is 1.96. The fourth-order valence-electron chi connectivity index (χ4n) is 5.07. The lowest BCUT2D eigenvalue weighted by molar-refractivity contribution is -0.148. The molecule has 1 amide bonds. The van der Waals surface area contributed by atoms with Crippen molar-refractivity contribution in [3.8, 4) is 17.1 Å². The fraction of sp³-hybridized carbons (Fsp3) is 0.379. The van der Waals surface area contributed by atoms with Gasteiger partial charge in [0, 0.05) is 42.7 Å². The number of fused-ring (bicyclic) bond motifs is 1. The third-order valence-corrected chi connectivity index (χ3v) is 7.09. The Bertz CT molecular complexity index is 1270. The molecule has 37 heavy (non-hydrogen) atoms. The van der Waals surface area contributed by atoms with Crippen LogP contribution >= 0.6 is 0 Å². The first-order valence-electron chi connectivity index (χ1n) is 12.9. The van der Waals surface area contributed by atoms with Crippen molar-refractivity contribution in [2.45, 2.75) is 32.7 Å². The van der Waals surface area contributed by atoms with Crippen LogP contribution in [0.25, 0.3) is 11.4 Å². The summed E-state index contributed by atoms with van der Waals surface area (Å²) in [6.45, 7) is 4.65. The number of methoxy groups -OCH3 is 1. The molecule has 2 aliphatic heterocycles. The molecule has 0 atom stereocenters. The quantitative estimate of drug-likeness (QED) is 0.471. The van der Waals surface area contributed by atoms with Gasteiger partial charge in [-0.05, 0) is 38.0 Å². The smallest absolute Gasteiger partial charge is 0.309 e. The van der Waals surface area contributed by atoms with Crippen molar-refractivity contribution in [2.24, 2.45) is 5.92 Å². The zero-order valence-corrected chi connectivity index (χ0v) is 21.4. The molecule has 192 valence electrons. The van der Waals surface area contributed by atoms with Gasteiger partial charge in [0.25, 0.3) is 5.91 Å². The van der Waals surface area contributed by atoms with Gasteiger partial charge in [0.15, 0.2) is 5.82 Å². The topological polar surface area (TPSA) is 84.9 Å². The lowest BCUT2D eigenvalue weighted by Gasteiger charge is -2.36. The number of anilines is 1. The van der Waals surface area contributed by atoms with E-state index in [-0.39, 0.29) is 17.8 Å². The van der Waals surface area contributed by atoms with Crippen molar-refractivity contribution in [3.63, 3.8) is 0 Å². The van der Waals surface area contributed by atoms with Gasteiger partial charge >= 0.3 is 5.97 Å². The third-order valence-electron chi connectivity index (χ3n) is 7.09. The molecule has 3 heterocycles. The van der Waals surface area contributed by atoms with Crippen molar-refractivity contribution in [2.75, 3.05) is 38.3 Å². The molecule has 5 rings (SSSR count). The maximum absolute atomic E-state index is 13.4. The number of rotatable bonds is 6. The van der Waals surface area contributed by atoms with Gasteiger partial charge in [-0.25, -0.2) is 9.97 Å². The maximum atomic E-state index is 13.4. The van der Waals surface area contributed by atoms with Crippen LogP contribution < -0.4 is 9.64 Å². The van der Waals surface area contributed by atoms with Gasteiger partial charge in [-0.1, -0.05) is 36.4 Å². The molecule has 8 heteroatoms. The van der Waals surface area contributed by atoms with E-state index in [9.17, 15) is 9.59 Å². The second-order valence-electron chi connectivity index (χ2n) is 9.38. The third kappa shape index (κ3) is 5.28. The van der Waals surface area contributed by atoms with Crippen LogP contribution in [0.4, 0.5) is 5.82 Å². The number of esters is 1. The second-order valence-corrected chi connectivity index (χ2v) is 9.38. The highest BCUT2D eigenvalue weighted by Gasteiger charge is 2.32. The molecule has 2 aliphatic rings. The predicted octanol–water partition coefficient (Wildman–Crippen LogP) is 4.13. The van der Waals surface area contributed by atoms with Gasteiger partial charge in [-0.2, -0.15) is 0 Å². The molecule has 0 bridgehead atoms. The van der Waals surface area contributed by atoms with Crippen molar-refractivity contribution in [1.82, 2.24) is 14.9 Å². The number of carbonyl (C=O) groups excluding carboxylic acids is 2. The number of benzene rings is 2. The second kappa shape index (κ2) is 11.0. The van der Waals surface area contributed by atoms with E-state index >= 15 is 0 Å². The number of hydrogen-bond donors (Lipinski definition) is 0. The number of aromatic nitrogens is 2. The highest BCUT2D eigenvalue weighted by molar-refractivity contribution is 5.94. The van der Waals surface area contributed by atoms with Gasteiger partial charge in [0.1, 0.15) is 11.6 Å². The molecule has 0 spiro atoms. The highest BCUT2D eigenvalue weighted by Crippen LogP contribution is 2.33. The van der Waals surface area contributed by atoms with Crippen LogP contribution in [-0.4, -0.2) is 60.1 Å². The molecule has 0 N–H and O–H groups in total. The average Bonchev–Trinajstić information content (AvgIpc) is 2.96. The summed E-state index contributed by atoms with van der Waals surface area (Å²) < 4.78 is 10.6. The molecule has 0 aliphatic carbocycles. The molecular weight excluding hydrogens is 468 g/mol. The lowest BCUT2D eigenvalue weighted by atomic mass is 9.96. The minimum atomic E-state index is -0.119. The molecule has 1 fully saturated rings. The Hall–Kier alpha value is -3.94. The summed E-state index contributed by atoms with van der Waals surface area (Å²) in [5.41, 5.74) is 3.52. The number of carbonyl (C=O) groups is 2. The van der Waals surface area contributed by atoms with Gasteiger partial charge in [0.05, 0.1) is 31.9 Å². The standard InChI is InChI=1S/C29H32N4O4/c1-3-37-29(35)21-12-15-32(16-13-21)27-24-19-33(28(34)22-10-7-11-23(18-22)36-2)17-14-25(24)30-26(31-27)20-8-5-4-6-9-20/h4-11,18,21H,3,12-17,19H2,1-2H3. The largest absolute Gasteiger partial charge is 0.497 e. The summed E-state index contributed by atoms with van der Waals surface area (Å²) in [7, 11) is 1.60. The fourth-order valence-corrected chi connectivity index (χ4v) is 5.07. The minimum absolute atomic E-state index is 0.0383. The summed E-state index contributed by atoms with van der Waals surface area (Å²) in [5, 5.41) is 0. The molecule has 2 aromatic carbocycles. The summed E-state index contributed by atoms with van der Waals surface area (Å²) in [6, 6.07) is 17.2. The highest BCUT2D eigenvalue weighted by atomic mass is 16.5. The van der Waals surface area contributed by atoms with Gasteiger partial charge in [-0.3, -0.25) is 9.59 Å². The number of ether oxygens (including phenoxy) is 2. The van der Waals surface area contributed by atoms with Gasteiger partial charge in [-0.15, -0.1) is 0 Å². The Morgan fingerprint density at radius 3 is 2.51 bits per heavy atom. The Labute approximate surface area is 217 Å². The van der Waals surface area contributed by atoms with E-state index in [1.807, 2.05) is 60.4 Å². The first kappa shape index (κ1) is 24.7. The molecule has 0 radical (unpaired) electrons. The van der Waals surface area contributed by atoms with E-state index in [0.29, 0.717) is 69.2 Å². The molecule has 8 nitrogen and oxygen atoms in total. The van der Waals surface area contributed by atoms with E-state index < -0.39 is 0 Å². The first-order chi connectivity index (χ1) is 18.1. The number of hydrogen-bond acceptors (Lipinski definition) is 7. The van der Waals surface area contributed by atoms with Crippen LogP contribution in [0.1, 0.15) is 41.4 Å². The molecule has 3 aromatic rings. The Kier molecular flexibility index (Phi) is 7.35. The predicted molar refractivity (Wildman–Crippen MR) is 140 cm³/mol. The van der Waals surface area contributed by atoms with Crippen molar-refractivity contribution in [3.05, 3.63) is 71.4 Å². The number of amides is 1. The van der Waals surface area contributed by atoms with Crippen molar-refractivity contribution in [1.29, 1.82) is 0 Å². The van der Waals surface area contributed by atoms with Crippen molar-refractivity contribution < 1.29 is 19.1 Å². The summed E-state index contributed by atoms with van der Waals surface area (Å²) >= 11 is 0. The number of nitrogens with zero attached hydrogens (tertiary/aromatic N) is 4. The molecule has 1 aromatic heterocycles. The summed E-state index contributed by atoms with van der Waals surface area (Å²) in [4.78, 5) is 39.7. The molecule has 1 saturated heterocycles. The molecule has 0 saturated carbocycles. The summed E-state index contributed by atoms with van der Waals surface area (Å²) in [6.07, 6.45) is 2.08. The van der Waals surface area contributed by atoms with E-state index in [2.05, 4.69) is 4.90 Å². The van der Waals surface area contributed by atoms with Gasteiger partial charge in [0.2, 0.25) is 0 Å². The SMILES string of the molecule is CCOC(=O)C1CCN(c2nc(-c3ccccc3)nc3c2CN(C(=O)c2cccc(OC)c2)CC3)CC1. The Morgan fingerprint density at radius 1 is 1.00 bits per heavy atom. The van der Waals surface area contributed by atoms with Crippen LogP contribution in [0, 0.1) is 5.92 Å². The van der Waals surface area contributed by atoms with E-state index in [1.54, 1.807) is 13.2 Å². The lowest BCUT2D eigenvalue weighted by Crippen LogP contribution is -2.41. The van der Waals surface area contributed by atoms with Gasteiger partial charge < -0.3 is 19.3 Å². The zero-order valence-electron chi connectivity index (χ0n) is 21.4. The number of piperidine rings is 1. The average molecular weight is 501 g/mol. The van der Waals surface area contributed by atoms with E-state index in [4.69, 9.17) is 19.4 Å². The Morgan fingerprint density at radius 2 is 1.78 bits per heavy atom. The zero-order chi connectivity index (χ0) is 25.8. The van der Waals surface area contributed by atoms with E-state index in [0.717, 1.165) is 22.6 Å². The normalized spacial score (nSPS) is 15.7. The monoisotopic (exact) mass is 500 g/mol. The van der Waals surface area contributed by atoms with Crippen LogP contribution in [0.3, 0.4) is 0 Å². The van der Waals surface area contributed by atoms with Crippen LogP contribution in [0.5, 0.6) is 5.75 Å². The molecule has 0 unspecified atom stereocenters. The van der Waals surface area contributed by atoms with Crippen molar-refractivity contribution >= 4 is 17.7 Å². The Balaban J connectivity index is 1.45.